The van der Waals surface area contributed by atoms with Gasteiger partial charge >= 0.3 is 0 Å². The molecule has 4 atom stereocenters. The second-order valence-corrected chi connectivity index (χ2v) is 6.73. The first-order valence-corrected chi connectivity index (χ1v) is 7.78. The molecular formula is C17H30. The summed E-state index contributed by atoms with van der Waals surface area (Å²) in [5, 5.41) is 0. The van der Waals surface area contributed by atoms with Crippen LogP contribution in [0.15, 0.2) is 11.6 Å². The monoisotopic (exact) mass is 234 g/mol. The van der Waals surface area contributed by atoms with Gasteiger partial charge in [-0.2, -0.15) is 0 Å². The molecule has 4 unspecified atom stereocenters. The van der Waals surface area contributed by atoms with Crippen LogP contribution in [-0.2, 0) is 0 Å². The Morgan fingerprint density at radius 1 is 1.41 bits per heavy atom. The van der Waals surface area contributed by atoms with Gasteiger partial charge in [0.15, 0.2) is 0 Å². The molecule has 0 aromatic rings. The Morgan fingerprint density at radius 2 is 2.18 bits per heavy atom. The van der Waals surface area contributed by atoms with Crippen molar-refractivity contribution in [2.75, 3.05) is 0 Å². The number of hydrogen-bond acceptors (Lipinski definition) is 0. The lowest BCUT2D eigenvalue weighted by Gasteiger charge is -2.44. The summed E-state index contributed by atoms with van der Waals surface area (Å²) in [4.78, 5) is 0. The van der Waals surface area contributed by atoms with Gasteiger partial charge in [0, 0.05) is 0 Å². The maximum absolute atomic E-state index is 2.60. The summed E-state index contributed by atoms with van der Waals surface area (Å²) in [6.07, 6.45) is 12.5. The fraction of sp³-hybridized carbons (Fsp3) is 0.882. The van der Waals surface area contributed by atoms with Crippen molar-refractivity contribution in [2.45, 2.75) is 72.6 Å². The van der Waals surface area contributed by atoms with Crippen LogP contribution in [0, 0.1) is 23.2 Å². The molecule has 98 valence electrons. The zero-order valence-electron chi connectivity index (χ0n) is 12.3. The first-order chi connectivity index (χ1) is 8.13. The van der Waals surface area contributed by atoms with Gasteiger partial charge in [0.25, 0.3) is 0 Å². The standard InChI is InChI=1S/C17H30/c1-5-8-13(3)15-10-11-16-14(6-2)9-7-12-17(15,16)4/h6,13,15-16H,5,7-12H2,1-4H3/b14-6+. The highest BCUT2D eigenvalue weighted by Gasteiger charge is 2.50. The van der Waals surface area contributed by atoms with E-state index in [0.717, 1.165) is 17.8 Å². The van der Waals surface area contributed by atoms with Gasteiger partial charge in [-0.25, -0.2) is 0 Å². The van der Waals surface area contributed by atoms with Crippen LogP contribution in [0.5, 0.6) is 0 Å². The van der Waals surface area contributed by atoms with Crippen molar-refractivity contribution >= 4 is 0 Å². The molecule has 2 fully saturated rings. The Morgan fingerprint density at radius 3 is 2.82 bits per heavy atom. The third-order valence-corrected chi connectivity index (χ3v) is 5.84. The van der Waals surface area contributed by atoms with Gasteiger partial charge in [0.2, 0.25) is 0 Å². The van der Waals surface area contributed by atoms with Crippen LogP contribution in [0.4, 0.5) is 0 Å². The highest BCUT2D eigenvalue weighted by Crippen LogP contribution is 2.59. The minimum Gasteiger partial charge on any atom is -0.0882 e. The Bertz CT molecular complexity index is 288. The molecule has 0 saturated heterocycles. The Kier molecular flexibility index (Phi) is 4.00. The molecule has 2 aliphatic carbocycles. The number of allylic oxidation sites excluding steroid dienone is 2. The fourth-order valence-corrected chi connectivity index (χ4v) is 5.02. The van der Waals surface area contributed by atoms with Gasteiger partial charge in [-0.3, -0.25) is 0 Å². The van der Waals surface area contributed by atoms with Crippen LogP contribution >= 0.6 is 0 Å². The molecule has 2 aliphatic rings. The van der Waals surface area contributed by atoms with Crippen molar-refractivity contribution in [2.24, 2.45) is 23.2 Å². The summed E-state index contributed by atoms with van der Waals surface area (Å²) in [5.74, 6) is 2.85. The van der Waals surface area contributed by atoms with Crippen molar-refractivity contribution in [1.82, 2.24) is 0 Å². The molecule has 0 spiro atoms. The summed E-state index contributed by atoms with van der Waals surface area (Å²) in [5.41, 5.74) is 2.42. The molecule has 17 heavy (non-hydrogen) atoms. The normalized spacial score (nSPS) is 41.5. The predicted octanol–water partition coefficient (Wildman–Crippen LogP) is 5.59. The maximum Gasteiger partial charge on any atom is -0.0146 e. The number of hydrogen-bond donors (Lipinski definition) is 0. The lowest BCUT2D eigenvalue weighted by Crippen LogP contribution is -2.35. The van der Waals surface area contributed by atoms with Crippen LogP contribution in [0.3, 0.4) is 0 Å². The average molecular weight is 234 g/mol. The summed E-state index contributed by atoms with van der Waals surface area (Å²) < 4.78 is 0. The Balaban J connectivity index is 2.18. The van der Waals surface area contributed by atoms with Gasteiger partial charge in [-0.05, 0) is 62.2 Å². The first kappa shape index (κ1) is 13.2. The molecule has 2 saturated carbocycles. The van der Waals surface area contributed by atoms with E-state index in [1.807, 2.05) is 0 Å². The van der Waals surface area contributed by atoms with Crippen LogP contribution in [0.1, 0.15) is 72.6 Å². The quantitative estimate of drug-likeness (QED) is 0.559. The minimum absolute atomic E-state index is 0.634. The third kappa shape index (κ3) is 2.20. The predicted molar refractivity (Wildman–Crippen MR) is 76.0 cm³/mol. The smallest absolute Gasteiger partial charge is 0.0146 e. The minimum atomic E-state index is 0.634. The first-order valence-electron chi connectivity index (χ1n) is 7.78. The zero-order chi connectivity index (χ0) is 12.5. The summed E-state index contributed by atoms with van der Waals surface area (Å²) in [7, 11) is 0. The van der Waals surface area contributed by atoms with Crippen molar-refractivity contribution in [3.8, 4) is 0 Å². The van der Waals surface area contributed by atoms with Crippen LogP contribution in [0.25, 0.3) is 0 Å². The molecule has 0 nitrogen and oxygen atoms in total. The van der Waals surface area contributed by atoms with Crippen molar-refractivity contribution in [3.63, 3.8) is 0 Å². The molecule has 0 amide bonds. The van der Waals surface area contributed by atoms with E-state index < -0.39 is 0 Å². The molecule has 0 bridgehead atoms. The zero-order valence-corrected chi connectivity index (χ0v) is 12.3. The highest BCUT2D eigenvalue weighted by atomic mass is 14.5. The van der Waals surface area contributed by atoms with Crippen molar-refractivity contribution < 1.29 is 0 Å². The van der Waals surface area contributed by atoms with Crippen LogP contribution < -0.4 is 0 Å². The fourth-order valence-electron chi connectivity index (χ4n) is 5.02. The van der Waals surface area contributed by atoms with Gasteiger partial charge in [0.05, 0.1) is 0 Å². The van der Waals surface area contributed by atoms with E-state index in [1.54, 1.807) is 5.57 Å². The highest BCUT2D eigenvalue weighted by molar-refractivity contribution is 5.17. The molecule has 2 rings (SSSR count). The molecule has 0 aromatic heterocycles. The van der Waals surface area contributed by atoms with E-state index in [4.69, 9.17) is 0 Å². The number of fused-ring (bicyclic) bond motifs is 1. The Hall–Kier alpha value is -0.260. The van der Waals surface area contributed by atoms with Gasteiger partial charge < -0.3 is 0 Å². The third-order valence-electron chi connectivity index (χ3n) is 5.84. The summed E-state index contributed by atoms with van der Waals surface area (Å²) >= 11 is 0. The molecule has 0 radical (unpaired) electrons. The van der Waals surface area contributed by atoms with Gasteiger partial charge in [-0.15, -0.1) is 0 Å². The summed E-state index contributed by atoms with van der Waals surface area (Å²) in [6.45, 7) is 9.70. The van der Waals surface area contributed by atoms with Crippen LogP contribution in [0.2, 0.25) is 0 Å². The second kappa shape index (κ2) is 5.16. The van der Waals surface area contributed by atoms with E-state index in [-0.39, 0.29) is 0 Å². The number of rotatable bonds is 3. The van der Waals surface area contributed by atoms with E-state index in [1.165, 1.54) is 44.9 Å². The molecule has 0 heterocycles. The van der Waals surface area contributed by atoms with E-state index in [0.29, 0.717) is 5.41 Å². The van der Waals surface area contributed by atoms with E-state index in [2.05, 4.69) is 33.8 Å². The maximum atomic E-state index is 2.60. The Labute approximate surface area is 108 Å². The van der Waals surface area contributed by atoms with Crippen LogP contribution in [-0.4, -0.2) is 0 Å². The summed E-state index contributed by atoms with van der Waals surface area (Å²) in [6, 6.07) is 0. The lowest BCUT2D eigenvalue weighted by atomic mass is 9.61. The van der Waals surface area contributed by atoms with Crippen molar-refractivity contribution in [3.05, 3.63) is 11.6 Å². The lowest BCUT2D eigenvalue weighted by molar-refractivity contribution is 0.0939. The largest absolute Gasteiger partial charge is 0.0882 e. The SMILES string of the molecule is C/C=C1\CCCC2(C)C1CCC2C(C)CCC. The topological polar surface area (TPSA) is 0 Å². The molecule has 0 aliphatic heterocycles. The molecular weight excluding hydrogens is 204 g/mol. The van der Waals surface area contributed by atoms with Gasteiger partial charge in [0.1, 0.15) is 0 Å². The van der Waals surface area contributed by atoms with E-state index in [9.17, 15) is 0 Å². The molecule has 0 aromatic carbocycles. The second-order valence-electron chi connectivity index (χ2n) is 6.73. The molecule has 0 heteroatoms. The molecule has 0 N–H and O–H groups in total. The van der Waals surface area contributed by atoms with Gasteiger partial charge in [-0.1, -0.05) is 45.3 Å². The average Bonchev–Trinajstić information content (AvgIpc) is 2.66. The van der Waals surface area contributed by atoms with E-state index >= 15 is 0 Å². The van der Waals surface area contributed by atoms with Crippen molar-refractivity contribution in [1.29, 1.82) is 0 Å².